The number of nitrogens with zero attached hydrogens (tertiary/aromatic N) is 3. The number of anilines is 1. The molecular formula is C20H34BrN5. The van der Waals surface area contributed by atoms with Crippen molar-refractivity contribution in [3.05, 3.63) is 28.7 Å². The van der Waals surface area contributed by atoms with Gasteiger partial charge in [0.15, 0.2) is 5.96 Å². The highest BCUT2D eigenvalue weighted by atomic mass is 79.9. The highest BCUT2D eigenvalue weighted by molar-refractivity contribution is 9.10. The van der Waals surface area contributed by atoms with Crippen LogP contribution in [0.2, 0.25) is 0 Å². The van der Waals surface area contributed by atoms with Gasteiger partial charge in [-0.05, 0) is 74.8 Å². The molecule has 1 fully saturated rings. The van der Waals surface area contributed by atoms with E-state index >= 15 is 0 Å². The van der Waals surface area contributed by atoms with E-state index in [0.29, 0.717) is 12.1 Å². The lowest BCUT2D eigenvalue weighted by molar-refractivity contribution is 0.268. The third-order valence-electron chi connectivity index (χ3n) is 5.06. The number of benzene rings is 1. The molecule has 0 radical (unpaired) electrons. The second-order valence-corrected chi connectivity index (χ2v) is 8.16. The Bertz CT molecular complexity index is 575. The molecule has 26 heavy (non-hydrogen) atoms. The zero-order valence-corrected chi connectivity index (χ0v) is 18.2. The molecule has 1 atom stereocenters. The molecule has 1 aliphatic rings. The molecule has 0 saturated carbocycles. The number of nitrogens with one attached hydrogen (secondary N) is 2. The monoisotopic (exact) mass is 423 g/mol. The predicted molar refractivity (Wildman–Crippen MR) is 116 cm³/mol. The fourth-order valence-electron chi connectivity index (χ4n) is 3.14. The fraction of sp³-hybridized carbons (Fsp3) is 0.650. The van der Waals surface area contributed by atoms with E-state index in [1.165, 1.54) is 12.1 Å². The lowest BCUT2D eigenvalue weighted by Gasteiger charge is -2.22. The van der Waals surface area contributed by atoms with Crippen LogP contribution in [0.25, 0.3) is 0 Å². The molecule has 1 aliphatic heterocycles. The third-order valence-corrected chi connectivity index (χ3v) is 5.73. The van der Waals surface area contributed by atoms with Crippen LogP contribution in [0, 0.1) is 0 Å². The Morgan fingerprint density at radius 1 is 1.35 bits per heavy atom. The van der Waals surface area contributed by atoms with Gasteiger partial charge < -0.3 is 20.4 Å². The van der Waals surface area contributed by atoms with Crippen molar-refractivity contribution >= 4 is 27.6 Å². The molecule has 0 bridgehead atoms. The summed E-state index contributed by atoms with van der Waals surface area (Å²) in [6.45, 7) is 8.66. The largest absolute Gasteiger partial charge is 0.368 e. The van der Waals surface area contributed by atoms with Crippen molar-refractivity contribution in [2.45, 2.75) is 45.2 Å². The Morgan fingerprint density at radius 2 is 2.12 bits per heavy atom. The number of para-hydroxylation sites is 1. The van der Waals surface area contributed by atoms with E-state index in [9.17, 15) is 0 Å². The maximum atomic E-state index is 4.38. The topological polar surface area (TPSA) is 42.9 Å². The maximum absolute atomic E-state index is 4.38. The molecule has 1 saturated heterocycles. The van der Waals surface area contributed by atoms with Crippen LogP contribution in [-0.4, -0.2) is 63.2 Å². The summed E-state index contributed by atoms with van der Waals surface area (Å²) >= 11 is 3.66. The molecule has 0 aliphatic carbocycles. The van der Waals surface area contributed by atoms with Gasteiger partial charge in [-0.25, -0.2) is 0 Å². The van der Waals surface area contributed by atoms with Crippen LogP contribution in [0.3, 0.4) is 0 Å². The van der Waals surface area contributed by atoms with Crippen LogP contribution in [-0.2, 0) is 0 Å². The number of guanidine groups is 1. The fourth-order valence-corrected chi connectivity index (χ4v) is 3.68. The molecule has 2 rings (SSSR count). The Balaban J connectivity index is 1.70. The van der Waals surface area contributed by atoms with E-state index in [1.54, 1.807) is 0 Å². The molecule has 1 heterocycles. The standard InChI is InChI=1S/C20H34BrN5/c1-16(2)25(4)13-8-7-12-23-20(22-3)24-17-11-14-26(15-17)19-10-6-5-9-18(19)21/h5-6,9-10,16-17H,7-8,11-15H2,1-4H3,(H2,22,23,24). The first-order valence-electron chi connectivity index (χ1n) is 9.68. The number of rotatable bonds is 8. The molecule has 5 nitrogen and oxygen atoms in total. The van der Waals surface area contributed by atoms with Crippen LogP contribution < -0.4 is 15.5 Å². The molecule has 0 amide bonds. The molecule has 1 aromatic rings. The van der Waals surface area contributed by atoms with E-state index in [2.05, 4.69) is 86.5 Å². The molecule has 2 N–H and O–H groups in total. The lowest BCUT2D eigenvalue weighted by atomic mass is 10.2. The first kappa shape index (κ1) is 21.0. The molecular weight excluding hydrogens is 390 g/mol. The zero-order chi connectivity index (χ0) is 18.9. The van der Waals surface area contributed by atoms with Crippen LogP contribution in [0.15, 0.2) is 33.7 Å². The maximum Gasteiger partial charge on any atom is 0.191 e. The highest BCUT2D eigenvalue weighted by Crippen LogP contribution is 2.28. The summed E-state index contributed by atoms with van der Waals surface area (Å²) in [6.07, 6.45) is 3.49. The van der Waals surface area contributed by atoms with Crippen LogP contribution in [0.1, 0.15) is 33.1 Å². The summed E-state index contributed by atoms with van der Waals surface area (Å²) in [5.41, 5.74) is 1.27. The van der Waals surface area contributed by atoms with Crippen molar-refractivity contribution in [2.75, 3.05) is 45.2 Å². The van der Waals surface area contributed by atoms with Crippen molar-refractivity contribution in [1.29, 1.82) is 0 Å². The average Bonchev–Trinajstić information content (AvgIpc) is 3.08. The van der Waals surface area contributed by atoms with Crippen molar-refractivity contribution in [1.82, 2.24) is 15.5 Å². The highest BCUT2D eigenvalue weighted by Gasteiger charge is 2.24. The van der Waals surface area contributed by atoms with Gasteiger partial charge in [0.25, 0.3) is 0 Å². The van der Waals surface area contributed by atoms with E-state index in [1.807, 2.05) is 7.05 Å². The Kier molecular flexibility index (Phi) is 8.72. The van der Waals surface area contributed by atoms with Crippen molar-refractivity contribution < 1.29 is 0 Å². The van der Waals surface area contributed by atoms with Gasteiger partial charge in [-0.2, -0.15) is 0 Å². The minimum absolute atomic E-state index is 0.431. The van der Waals surface area contributed by atoms with Crippen LogP contribution in [0.4, 0.5) is 5.69 Å². The van der Waals surface area contributed by atoms with Gasteiger partial charge in [0, 0.05) is 43.2 Å². The second kappa shape index (κ2) is 10.8. The second-order valence-electron chi connectivity index (χ2n) is 7.31. The van der Waals surface area contributed by atoms with E-state index in [4.69, 9.17) is 0 Å². The van der Waals surface area contributed by atoms with Crippen LogP contribution in [0.5, 0.6) is 0 Å². The zero-order valence-electron chi connectivity index (χ0n) is 16.6. The van der Waals surface area contributed by atoms with Gasteiger partial charge in [-0.3, -0.25) is 4.99 Å². The van der Waals surface area contributed by atoms with Gasteiger partial charge in [-0.15, -0.1) is 0 Å². The van der Waals surface area contributed by atoms with E-state index in [-0.39, 0.29) is 0 Å². The van der Waals surface area contributed by atoms with Gasteiger partial charge in [0.05, 0.1) is 5.69 Å². The molecule has 1 unspecified atom stereocenters. The number of unbranched alkanes of at least 4 members (excludes halogenated alkanes) is 1. The summed E-state index contributed by atoms with van der Waals surface area (Å²) in [7, 11) is 4.04. The Labute approximate surface area is 167 Å². The van der Waals surface area contributed by atoms with Crippen molar-refractivity contribution in [3.63, 3.8) is 0 Å². The summed E-state index contributed by atoms with van der Waals surface area (Å²) in [5, 5.41) is 7.03. The van der Waals surface area contributed by atoms with Crippen molar-refractivity contribution in [3.8, 4) is 0 Å². The minimum Gasteiger partial charge on any atom is -0.368 e. The lowest BCUT2D eigenvalue weighted by Crippen LogP contribution is -2.45. The number of aliphatic imine (C=N–C) groups is 1. The van der Waals surface area contributed by atoms with Crippen LogP contribution >= 0.6 is 15.9 Å². The summed E-state index contributed by atoms with van der Waals surface area (Å²) in [4.78, 5) is 9.20. The van der Waals surface area contributed by atoms with Gasteiger partial charge in [-0.1, -0.05) is 12.1 Å². The average molecular weight is 424 g/mol. The molecule has 146 valence electrons. The SMILES string of the molecule is CN=C(NCCCCN(C)C(C)C)NC1CCN(c2ccccc2Br)C1. The summed E-state index contributed by atoms with van der Waals surface area (Å²) < 4.78 is 1.16. The van der Waals surface area contributed by atoms with E-state index < -0.39 is 0 Å². The molecule has 1 aromatic carbocycles. The van der Waals surface area contributed by atoms with Gasteiger partial charge >= 0.3 is 0 Å². The number of halogens is 1. The quantitative estimate of drug-likeness (QED) is 0.382. The summed E-state index contributed by atoms with van der Waals surface area (Å²) in [6, 6.07) is 9.48. The Morgan fingerprint density at radius 3 is 2.81 bits per heavy atom. The molecule has 0 aromatic heterocycles. The molecule has 0 spiro atoms. The van der Waals surface area contributed by atoms with E-state index in [0.717, 1.165) is 49.5 Å². The number of hydrogen-bond donors (Lipinski definition) is 2. The smallest absolute Gasteiger partial charge is 0.191 e. The normalized spacial score (nSPS) is 18.0. The molecule has 6 heteroatoms. The third kappa shape index (κ3) is 6.47. The van der Waals surface area contributed by atoms with Gasteiger partial charge in [0.1, 0.15) is 0 Å². The summed E-state index contributed by atoms with van der Waals surface area (Å²) in [5.74, 6) is 0.918. The minimum atomic E-state index is 0.431. The Hall–Kier alpha value is -1.27. The first-order chi connectivity index (χ1) is 12.5. The first-order valence-corrected chi connectivity index (χ1v) is 10.5. The predicted octanol–water partition coefficient (Wildman–Crippen LogP) is 3.31. The number of hydrogen-bond acceptors (Lipinski definition) is 3. The van der Waals surface area contributed by atoms with Gasteiger partial charge in [0.2, 0.25) is 0 Å². The van der Waals surface area contributed by atoms with Crippen molar-refractivity contribution in [2.24, 2.45) is 4.99 Å².